The van der Waals surface area contributed by atoms with Crippen molar-refractivity contribution in [2.45, 2.75) is 59.1 Å². The smallest absolute Gasteiger partial charge is 0.306 e. The molecule has 0 aliphatic rings. The van der Waals surface area contributed by atoms with E-state index in [1.54, 1.807) is 28.8 Å². The number of amides is 1. The van der Waals surface area contributed by atoms with Crippen LogP contribution in [0.2, 0.25) is 0 Å². The number of ether oxygens (including phenoxy) is 2. The van der Waals surface area contributed by atoms with Crippen LogP contribution < -0.4 is 15.6 Å². The summed E-state index contributed by atoms with van der Waals surface area (Å²) in [5, 5.41) is 2.71. The van der Waals surface area contributed by atoms with E-state index in [4.69, 9.17) is 9.47 Å². The number of carbonyl (C=O) groups is 2. The first-order chi connectivity index (χ1) is 16.4. The van der Waals surface area contributed by atoms with E-state index in [0.29, 0.717) is 35.8 Å². The van der Waals surface area contributed by atoms with Crippen molar-refractivity contribution >= 4 is 28.6 Å². The van der Waals surface area contributed by atoms with E-state index in [0.717, 1.165) is 18.4 Å². The minimum absolute atomic E-state index is 0.0466. The SMILES string of the molecule is CCCCn1c(=O)c(CCC(=O)OC(C)C(=O)Nc2ccc(OCC)cc2)nc2ccccc21. The highest BCUT2D eigenvalue weighted by Gasteiger charge is 2.19. The summed E-state index contributed by atoms with van der Waals surface area (Å²) in [5.41, 5.74) is 2.19. The van der Waals surface area contributed by atoms with Crippen LogP contribution in [0.25, 0.3) is 11.0 Å². The van der Waals surface area contributed by atoms with Gasteiger partial charge in [-0.15, -0.1) is 0 Å². The number of aromatic nitrogens is 2. The summed E-state index contributed by atoms with van der Waals surface area (Å²) in [7, 11) is 0. The third-order valence-electron chi connectivity index (χ3n) is 5.33. The highest BCUT2D eigenvalue weighted by Crippen LogP contribution is 2.16. The number of aryl methyl sites for hydroxylation is 2. The van der Waals surface area contributed by atoms with Gasteiger partial charge in [0.1, 0.15) is 11.4 Å². The number of hydrogen-bond acceptors (Lipinski definition) is 6. The topological polar surface area (TPSA) is 99.5 Å². The fourth-order valence-electron chi connectivity index (χ4n) is 3.52. The van der Waals surface area contributed by atoms with Crippen LogP contribution in [0.3, 0.4) is 0 Å². The number of anilines is 1. The van der Waals surface area contributed by atoms with Crippen LogP contribution in [0.5, 0.6) is 5.75 Å². The minimum Gasteiger partial charge on any atom is -0.494 e. The van der Waals surface area contributed by atoms with Gasteiger partial charge in [0.15, 0.2) is 6.10 Å². The molecule has 180 valence electrons. The molecule has 0 bridgehead atoms. The van der Waals surface area contributed by atoms with Gasteiger partial charge in [-0.25, -0.2) is 4.98 Å². The molecule has 34 heavy (non-hydrogen) atoms. The van der Waals surface area contributed by atoms with E-state index in [-0.39, 0.29) is 18.4 Å². The zero-order valence-corrected chi connectivity index (χ0v) is 19.9. The Labute approximate surface area is 198 Å². The number of nitrogens with one attached hydrogen (secondary N) is 1. The number of esters is 1. The van der Waals surface area contributed by atoms with Gasteiger partial charge in [-0.3, -0.25) is 14.4 Å². The normalized spacial score (nSPS) is 11.7. The Kier molecular flexibility index (Phi) is 8.79. The molecule has 1 unspecified atom stereocenters. The van der Waals surface area contributed by atoms with Crippen LogP contribution >= 0.6 is 0 Å². The molecule has 2 aromatic carbocycles. The number of fused-ring (bicyclic) bond motifs is 1. The van der Waals surface area contributed by atoms with Crippen LogP contribution in [-0.2, 0) is 27.3 Å². The lowest BCUT2D eigenvalue weighted by molar-refractivity contribution is -0.153. The summed E-state index contributed by atoms with van der Waals surface area (Å²) in [6.07, 6.45) is 0.944. The first kappa shape index (κ1) is 25.0. The summed E-state index contributed by atoms with van der Waals surface area (Å²) < 4.78 is 12.4. The average molecular weight is 466 g/mol. The largest absolute Gasteiger partial charge is 0.494 e. The molecule has 0 aliphatic carbocycles. The molecule has 1 heterocycles. The van der Waals surface area contributed by atoms with Crippen molar-refractivity contribution < 1.29 is 19.1 Å². The van der Waals surface area contributed by atoms with Gasteiger partial charge >= 0.3 is 5.97 Å². The Morgan fingerprint density at radius 3 is 2.53 bits per heavy atom. The Balaban J connectivity index is 1.60. The Hall–Kier alpha value is -3.68. The van der Waals surface area contributed by atoms with E-state index >= 15 is 0 Å². The van der Waals surface area contributed by atoms with E-state index in [9.17, 15) is 14.4 Å². The summed E-state index contributed by atoms with van der Waals surface area (Å²) in [6.45, 7) is 6.62. The number of carbonyl (C=O) groups excluding carboxylic acids is 2. The Bertz CT molecular complexity index is 1190. The molecule has 0 saturated carbocycles. The molecule has 1 amide bonds. The van der Waals surface area contributed by atoms with Crippen LogP contribution in [0.4, 0.5) is 5.69 Å². The summed E-state index contributed by atoms with van der Waals surface area (Å²) in [4.78, 5) is 42.2. The average Bonchev–Trinajstić information content (AvgIpc) is 2.83. The number of hydrogen-bond donors (Lipinski definition) is 1. The predicted molar refractivity (Wildman–Crippen MR) is 131 cm³/mol. The quantitative estimate of drug-likeness (QED) is 0.428. The second kappa shape index (κ2) is 12.0. The molecular formula is C26H31N3O5. The van der Waals surface area contributed by atoms with Crippen molar-refractivity contribution in [3.8, 4) is 5.75 Å². The van der Waals surface area contributed by atoms with Crippen LogP contribution in [0.1, 0.15) is 45.7 Å². The van der Waals surface area contributed by atoms with Crippen molar-refractivity contribution in [1.82, 2.24) is 9.55 Å². The molecule has 8 nitrogen and oxygen atoms in total. The molecule has 1 aromatic heterocycles. The van der Waals surface area contributed by atoms with Gasteiger partial charge in [-0.2, -0.15) is 0 Å². The number of para-hydroxylation sites is 2. The van der Waals surface area contributed by atoms with Gasteiger partial charge in [0.05, 0.1) is 24.1 Å². The van der Waals surface area contributed by atoms with E-state index in [1.165, 1.54) is 6.92 Å². The van der Waals surface area contributed by atoms with E-state index < -0.39 is 18.0 Å². The third kappa shape index (κ3) is 6.43. The molecule has 8 heteroatoms. The molecule has 0 fully saturated rings. The van der Waals surface area contributed by atoms with E-state index in [1.807, 2.05) is 31.2 Å². The number of rotatable bonds is 11. The zero-order valence-electron chi connectivity index (χ0n) is 19.9. The molecule has 1 N–H and O–H groups in total. The van der Waals surface area contributed by atoms with Crippen LogP contribution in [0.15, 0.2) is 53.3 Å². The molecule has 0 saturated heterocycles. The second-order valence-corrected chi connectivity index (χ2v) is 7.94. The number of benzene rings is 2. The maximum absolute atomic E-state index is 13.0. The Morgan fingerprint density at radius 1 is 1.09 bits per heavy atom. The van der Waals surface area contributed by atoms with Gasteiger partial charge < -0.3 is 19.4 Å². The maximum Gasteiger partial charge on any atom is 0.306 e. The standard InChI is InChI=1S/C26H31N3O5/c1-4-6-17-29-23-10-8-7-9-21(23)28-22(26(29)32)15-16-24(30)34-18(3)25(31)27-19-11-13-20(14-12-19)33-5-2/h7-14,18H,4-6,15-17H2,1-3H3,(H,27,31). The zero-order chi connectivity index (χ0) is 24.5. The Morgan fingerprint density at radius 2 is 1.82 bits per heavy atom. The highest BCUT2D eigenvalue weighted by atomic mass is 16.5. The van der Waals surface area contributed by atoms with Crippen molar-refractivity contribution in [1.29, 1.82) is 0 Å². The molecular weight excluding hydrogens is 434 g/mol. The van der Waals surface area contributed by atoms with Crippen molar-refractivity contribution in [3.05, 3.63) is 64.6 Å². The van der Waals surface area contributed by atoms with Crippen molar-refractivity contribution in [3.63, 3.8) is 0 Å². The first-order valence-corrected chi connectivity index (χ1v) is 11.6. The fraction of sp³-hybridized carbons (Fsp3) is 0.385. The molecule has 3 aromatic rings. The van der Waals surface area contributed by atoms with Crippen LogP contribution in [-0.4, -0.2) is 34.1 Å². The van der Waals surface area contributed by atoms with Gasteiger partial charge in [-0.1, -0.05) is 25.5 Å². The number of nitrogens with zero attached hydrogens (tertiary/aromatic N) is 2. The van der Waals surface area contributed by atoms with Gasteiger partial charge in [0.25, 0.3) is 11.5 Å². The maximum atomic E-state index is 13.0. The monoisotopic (exact) mass is 465 g/mol. The lowest BCUT2D eigenvalue weighted by Gasteiger charge is -2.14. The second-order valence-electron chi connectivity index (χ2n) is 7.94. The van der Waals surface area contributed by atoms with Crippen molar-refractivity contribution in [2.24, 2.45) is 0 Å². The summed E-state index contributed by atoms with van der Waals surface area (Å²) in [6, 6.07) is 14.4. The molecule has 1 atom stereocenters. The lowest BCUT2D eigenvalue weighted by Crippen LogP contribution is -2.30. The summed E-state index contributed by atoms with van der Waals surface area (Å²) >= 11 is 0. The minimum atomic E-state index is -0.982. The third-order valence-corrected chi connectivity index (χ3v) is 5.33. The summed E-state index contributed by atoms with van der Waals surface area (Å²) in [5.74, 6) is -0.303. The van der Waals surface area contributed by atoms with Gasteiger partial charge in [-0.05, 0) is 56.7 Å². The molecule has 3 rings (SSSR count). The molecule has 0 radical (unpaired) electrons. The van der Waals surface area contributed by atoms with Gasteiger partial charge in [0, 0.05) is 18.7 Å². The van der Waals surface area contributed by atoms with Crippen molar-refractivity contribution in [2.75, 3.05) is 11.9 Å². The molecule has 0 spiro atoms. The fourth-order valence-corrected chi connectivity index (χ4v) is 3.52. The first-order valence-electron chi connectivity index (χ1n) is 11.6. The predicted octanol–water partition coefficient (Wildman–Crippen LogP) is 4.10. The van der Waals surface area contributed by atoms with Gasteiger partial charge in [0.2, 0.25) is 0 Å². The lowest BCUT2D eigenvalue weighted by atomic mass is 10.2. The number of unbranched alkanes of at least 4 members (excludes halogenated alkanes) is 1. The van der Waals surface area contributed by atoms with E-state index in [2.05, 4.69) is 17.2 Å². The molecule has 0 aliphatic heterocycles. The van der Waals surface area contributed by atoms with Crippen LogP contribution in [0, 0.1) is 0 Å². The highest BCUT2D eigenvalue weighted by molar-refractivity contribution is 5.95.